The number of hydrogen-bond acceptors (Lipinski definition) is 6. The normalized spacial score (nSPS) is 11.7. The highest BCUT2D eigenvalue weighted by atomic mass is 32.2. The second-order valence-electron chi connectivity index (χ2n) is 4.10. The van der Waals surface area contributed by atoms with Crippen molar-refractivity contribution >= 4 is 26.5 Å². The van der Waals surface area contributed by atoms with E-state index in [1.807, 2.05) is 13.8 Å². The van der Waals surface area contributed by atoms with Gasteiger partial charge in [0.25, 0.3) is 10.0 Å². The summed E-state index contributed by atoms with van der Waals surface area (Å²) in [5.74, 6) is 0. The first kappa shape index (κ1) is 14.9. The van der Waals surface area contributed by atoms with E-state index >= 15 is 0 Å². The fraction of sp³-hybridized carbons (Fsp3) is 0.455. The van der Waals surface area contributed by atoms with Crippen LogP contribution in [0.4, 0.5) is 5.13 Å². The SMILES string of the molecule is CCNCc1cc(S(=O)(=O)Nc2nnc(CC)s2)c[nH]1. The van der Waals surface area contributed by atoms with Crippen molar-refractivity contribution in [2.45, 2.75) is 31.7 Å². The zero-order valence-electron chi connectivity index (χ0n) is 11.3. The Morgan fingerprint density at radius 3 is 2.80 bits per heavy atom. The molecule has 0 aliphatic heterocycles. The van der Waals surface area contributed by atoms with Gasteiger partial charge in [0.05, 0.1) is 0 Å². The van der Waals surface area contributed by atoms with Gasteiger partial charge in [-0.15, -0.1) is 10.2 Å². The van der Waals surface area contributed by atoms with Gasteiger partial charge in [-0.3, -0.25) is 4.72 Å². The van der Waals surface area contributed by atoms with Crippen LogP contribution >= 0.6 is 11.3 Å². The standard InChI is InChI=1S/C11H17N5O2S2/c1-3-10-14-15-11(19-10)16-20(17,18)9-5-8(13-7-9)6-12-4-2/h5,7,12-13H,3-4,6H2,1-2H3,(H,15,16). The molecule has 0 radical (unpaired) electrons. The maximum Gasteiger partial charge on any atom is 0.265 e. The van der Waals surface area contributed by atoms with Gasteiger partial charge >= 0.3 is 0 Å². The molecule has 0 saturated carbocycles. The molecule has 0 fully saturated rings. The van der Waals surface area contributed by atoms with Crippen molar-refractivity contribution in [3.05, 3.63) is 23.0 Å². The smallest absolute Gasteiger partial charge is 0.265 e. The zero-order chi connectivity index (χ0) is 14.6. The molecule has 2 aromatic rings. The summed E-state index contributed by atoms with van der Waals surface area (Å²) in [5.41, 5.74) is 0.818. The summed E-state index contributed by atoms with van der Waals surface area (Å²) in [6.07, 6.45) is 2.20. The molecule has 0 spiro atoms. The number of H-pyrrole nitrogens is 1. The fourth-order valence-electron chi connectivity index (χ4n) is 1.55. The Balaban J connectivity index is 2.11. The summed E-state index contributed by atoms with van der Waals surface area (Å²) >= 11 is 1.24. The Hall–Kier alpha value is -1.45. The van der Waals surface area contributed by atoms with E-state index < -0.39 is 10.0 Å². The van der Waals surface area contributed by atoms with Crippen molar-refractivity contribution in [3.8, 4) is 0 Å². The molecule has 20 heavy (non-hydrogen) atoms. The highest BCUT2D eigenvalue weighted by Gasteiger charge is 2.18. The lowest BCUT2D eigenvalue weighted by atomic mass is 10.4. The second kappa shape index (κ2) is 6.33. The summed E-state index contributed by atoms with van der Waals surface area (Å²) in [5, 5.41) is 11.9. The van der Waals surface area contributed by atoms with E-state index in [1.54, 1.807) is 6.07 Å². The van der Waals surface area contributed by atoms with Crippen LogP contribution in [-0.2, 0) is 23.0 Å². The number of nitrogens with one attached hydrogen (secondary N) is 3. The number of nitrogens with zero attached hydrogens (tertiary/aromatic N) is 2. The van der Waals surface area contributed by atoms with Gasteiger partial charge in [0.15, 0.2) is 0 Å². The first-order valence-electron chi connectivity index (χ1n) is 6.28. The van der Waals surface area contributed by atoms with Crippen molar-refractivity contribution in [2.24, 2.45) is 0 Å². The third kappa shape index (κ3) is 3.56. The molecular formula is C11H17N5O2S2. The van der Waals surface area contributed by atoms with Gasteiger partial charge in [-0.1, -0.05) is 25.2 Å². The third-order valence-corrected chi connectivity index (χ3v) is 5.01. The lowest BCUT2D eigenvalue weighted by Gasteiger charge is -2.01. The first-order chi connectivity index (χ1) is 9.55. The van der Waals surface area contributed by atoms with E-state index in [-0.39, 0.29) is 10.0 Å². The minimum absolute atomic E-state index is 0.193. The zero-order valence-corrected chi connectivity index (χ0v) is 12.9. The molecule has 7 nitrogen and oxygen atoms in total. The molecular weight excluding hydrogens is 298 g/mol. The Labute approximate surface area is 121 Å². The largest absolute Gasteiger partial charge is 0.363 e. The number of anilines is 1. The number of aromatic amines is 1. The number of rotatable bonds is 7. The third-order valence-electron chi connectivity index (χ3n) is 2.58. The lowest BCUT2D eigenvalue weighted by molar-refractivity contribution is 0.601. The lowest BCUT2D eigenvalue weighted by Crippen LogP contribution is -2.13. The molecule has 0 amide bonds. The van der Waals surface area contributed by atoms with E-state index in [9.17, 15) is 8.42 Å². The van der Waals surface area contributed by atoms with Crippen molar-refractivity contribution in [1.82, 2.24) is 20.5 Å². The Kier molecular flexibility index (Phi) is 4.73. The van der Waals surface area contributed by atoms with Crippen molar-refractivity contribution < 1.29 is 8.42 Å². The number of hydrogen-bond donors (Lipinski definition) is 3. The Morgan fingerprint density at radius 2 is 2.15 bits per heavy atom. The second-order valence-corrected chi connectivity index (χ2v) is 6.85. The van der Waals surface area contributed by atoms with Crippen LogP contribution in [0.5, 0.6) is 0 Å². The summed E-state index contributed by atoms with van der Waals surface area (Å²) in [7, 11) is -3.61. The Morgan fingerprint density at radius 1 is 1.35 bits per heavy atom. The minimum Gasteiger partial charge on any atom is -0.363 e. The molecule has 0 bridgehead atoms. The summed E-state index contributed by atoms with van der Waals surface area (Å²) in [6, 6.07) is 1.60. The maximum absolute atomic E-state index is 12.2. The summed E-state index contributed by atoms with van der Waals surface area (Å²) in [6.45, 7) is 5.36. The number of aromatic nitrogens is 3. The first-order valence-corrected chi connectivity index (χ1v) is 8.58. The molecule has 0 aliphatic carbocycles. The summed E-state index contributed by atoms with van der Waals surface area (Å²) < 4.78 is 26.8. The molecule has 0 saturated heterocycles. The number of sulfonamides is 1. The van der Waals surface area contributed by atoms with Gasteiger partial charge < -0.3 is 10.3 Å². The predicted octanol–water partition coefficient (Wildman–Crippen LogP) is 1.34. The van der Waals surface area contributed by atoms with Crippen LogP contribution in [0.3, 0.4) is 0 Å². The monoisotopic (exact) mass is 315 g/mol. The van der Waals surface area contributed by atoms with Gasteiger partial charge in [0.1, 0.15) is 9.90 Å². The predicted molar refractivity (Wildman–Crippen MR) is 78.3 cm³/mol. The van der Waals surface area contributed by atoms with Crippen molar-refractivity contribution in [3.63, 3.8) is 0 Å². The average molecular weight is 315 g/mol. The van der Waals surface area contributed by atoms with Crippen LogP contribution in [0.25, 0.3) is 0 Å². The van der Waals surface area contributed by atoms with Crippen LogP contribution in [0.1, 0.15) is 24.5 Å². The van der Waals surface area contributed by atoms with Crippen LogP contribution in [0, 0.1) is 0 Å². The maximum atomic E-state index is 12.2. The highest BCUT2D eigenvalue weighted by molar-refractivity contribution is 7.93. The molecule has 3 N–H and O–H groups in total. The molecule has 2 heterocycles. The highest BCUT2D eigenvalue weighted by Crippen LogP contribution is 2.20. The fourth-order valence-corrected chi connectivity index (χ4v) is 3.47. The molecule has 2 aromatic heterocycles. The van der Waals surface area contributed by atoms with Crippen LogP contribution < -0.4 is 10.0 Å². The topological polar surface area (TPSA) is 99.8 Å². The summed E-state index contributed by atoms with van der Waals surface area (Å²) in [4.78, 5) is 3.13. The minimum atomic E-state index is -3.61. The van der Waals surface area contributed by atoms with Crippen molar-refractivity contribution in [1.29, 1.82) is 0 Å². The molecule has 2 rings (SSSR count). The van der Waals surface area contributed by atoms with E-state index in [4.69, 9.17) is 0 Å². The van der Waals surface area contributed by atoms with Crippen LogP contribution in [-0.4, -0.2) is 30.1 Å². The Bertz CT molecular complexity index is 662. The van der Waals surface area contributed by atoms with E-state index in [2.05, 4.69) is 25.2 Å². The van der Waals surface area contributed by atoms with Crippen molar-refractivity contribution in [2.75, 3.05) is 11.3 Å². The van der Waals surface area contributed by atoms with Gasteiger partial charge in [-0.2, -0.15) is 0 Å². The number of aryl methyl sites for hydroxylation is 1. The molecule has 0 unspecified atom stereocenters. The van der Waals surface area contributed by atoms with Gasteiger partial charge in [0, 0.05) is 18.4 Å². The quantitative estimate of drug-likeness (QED) is 0.716. The molecule has 110 valence electrons. The van der Waals surface area contributed by atoms with Gasteiger partial charge in [-0.25, -0.2) is 8.42 Å². The van der Waals surface area contributed by atoms with E-state index in [1.165, 1.54) is 17.5 Å². The average Bonchev–Trinajstić information content (AvgIpc) is 3.04. The molecule has 0 atom stereocenters. The van der Waals surface area contributed by atoms with Crippen LogP contribution in [0.15, 0.2) is 17.2 Å². The van der Waals surface area contributed by atoms with E-state index in [0.29, 0.717) is 6.54 Å². The van der Waals surface area contributed by atoms with Crippen LogP contribution in [0.2, 0.25) is 0 Å². The van der Waals surface area contributed by atoms with Gasteiger partial charge in [0.2, 0.25) is 5.13 Å². The molecule has 0 aromatic carbocycles. The van der Waals surface area contributed by atoms with E-state index in [0.717, 1.165) is 23.7 Å². The van der Waals surface area contributed by atoms with Gasteiger partial charge in [-0.05, 0) is 19.0 Å². The molecule has 9 heteroatoms. The molecule has 0 aliphatic rings.